The summed E-state index contributed by atoms with van der Waals surface area (Å²) < 4.78 is 0. The second-order valence-electron chi connectivity index (χ2n) is 8.33. The molecular weight excluding hydrogens is 402 g/mol. The number of hydrogen-bond donors (Lipinski definition) is 1. The van der Waals surface area contributed by atoms with Crippen LogP contribution in [-0.2, 0) is 30.7 Å². The van der Waals surface area contributed by atoms with E-state index in [0.29, 0.717) is 23.9 Å². The maximum Gasteiger partial charge on any atom is 0.220 e. The number of nitrogens with one attached hydrogen (secondary N) is 1. The van der Waals surface area contributed by atoms with Crippen molar-refractivity contribution in [3.63, 3.8) is 0 Å². The monoisotopic (exact) mass is 431 g/mol. The Balaban J connectivity index is 1.21. The van der Waals surface area contributed by atoms with Gasteiger partial charge in [0.1, 0.15) is 5.01 Å². The van der Waals surface area contributed by atoms with Gasteiger partial charge in [0.25, 0.3) is 0 Å². The van der Waals surface area contributed by atoms with Crippen LogP contribution in [0.25, 0.3) is 0 Å². The van der Waals surface area contributed by atoms with Gasteiger partial charge in [0.2, 0.25) is 5.91 Å². The van der Waals surface area contributed by atoms with Gasteiger partial charge in [-0.05, 0) is 69.0 Å². The van der Waals surface area contributed by atoms with E-state index in [-0.39, 0.29) is 5.91 Å². The molecule has 156 valence electrons. The van der Waals surface area contributed by atoms with Gasteiger partial charge >= 0.3 is 0 Å². The number of carbonyl (C=O) groups is 1. The van der Waals surface area contributed by atoms with Gasteiger partial charge in [-0.15, -0.1) is 11.3 Å². The van der Waals surface area contributed by atoms with E-state index < -0.39 is 0 Å². The number of halogens is 1. The number of amides is 1. The molecule has 2 heterocycles. The average Bonchev–Trinajstić information content (AvgIpc) is 3.14. The van der Waals surface area contributed by atoms with Gasteiger partial charge in [0.15, 0.2) is 0 Å². The first-order chi connectivity index (χ1) is 14.2. The van der Waals surface area contributed by atoms with Gasteiger partial charge < -0.3 is 5.32 Å². The molecule has 1 amide bonds. The number of likely N-dealkylation sites (tertiary alicyclic amines) is 1. The minimum absolute atomic E-state index is 0.120. The molecule has 2 aliphatic rings. The highest BCUT2D eigenvalue weighted by Crippen LogP contribution is 2.29. The highest BCUT2D eigenvalue weighted by Gasteiger charge is 2.23. The van der Waals surface area contributed by atoms with Crippen LogP contribution < -0.4 is 5.32 Å². The predicted octanol–water partition coefficient (Wildman–Crippen LogP) is 4.98. The standard InChI is InChI=1S/C23H30ClN3OS/c24-19-8-2-1-7-18(19)14-25-22(28)12-11-17-6-5-13-27(15-17)16-23-26-20-9-3-4-10-21(20)29-23/h1-2,7-8,17H,3-6,9-16H2,(H,25,28)/t17-/m0/s1. The van der Waals surface area contributed by atoms with Crippen LogP contribution in [0.4, 0.5) is 0 Å². The number of benzene rings is 1. The molecule has 0 unspecified atom stereocenters. The Morgan fingerprint density at radius 3 is 2.97 bits per heavy atom. The van der Waals surface area contributed by atoms with E-state index in [1.165, 1.54) is 47.7 Å². The van der Waals surface area contributed by atoms with E-state index in [4.69, 9.17) is 16.6 Å². The van der Waals surface area contributed by atoms with Gasteiger partial charge in [-0.3, -0.25) is 9.69 Å². The van der Waals surface area contributed by atoms with Crippen LogP contribution in [0.1, 0.15) is 59.7 Å². The first-order valence-corrected chi connectivity index (χ1v) is 12.1. The van der Waals surface area contributed by atoms with Gasteiger partial charge in [-0.1, -0.05) is 29.8 Å². The molecule has 29 heavy (non-hydrogen) atoms. The normalized spacial score (nSPS) is 19.7. The fourth-order valence-corrected chi connectivity index (χ4v) is 5.86. The molecule has 4 rings (SSSR count). The maximum absolute atomic E-state index is 12.3. The summed E-state index contributed by atoms with van der Waals surface area (Å²) in [6.45, 7) is 3.72. The van der Waals surface area contributed by atoms with Gasteiger partial charge in [0, 0.05) is 29.4 Å². The third-order valence-electron chi connectivity index (χ3n) is 6.07. The van der Waals surface area contributed by atoms with Crippen LogP contribution in [0, 0.1) is 5.92 Å². The van der Waals surface area contributed by atoms with E-state index >= 15 is 0 Å². The average molecular weight is 432 g/mol. The van der Waals surface area contributed by atoms with E-state index in [0.717, 1.165) is 38.0 Å². The van der Waals surface area contributed by atoms with Crippen LogP contribution in [0.5, 0.6) is 0 Å². The second-order valence-corrected chi connectivity index (χ2v) is 9.91. The topological polar surface area (TPSA) is 45.2 Å². The molecular formula is C23H30ClN3OS. The Hall–Kier alpha value is -1.43. The number of thiazole rings is 1. The molecule has 0 spiro atoms. The molecule has 0 bridgehead atoms. The Bertz CT molecular complexity index is 814. The summed E-state index contributed by atoms with van der Waals surface area (Å²) in [5, 5.41) is 5.01. The zero-order valence-electron chi connectivity index (χ0n) is 17.0. The molecule has 6 heteroatoms. The molecule has 1 N–H and O–H groups in total. The van der Waals surface area contributed by atoms with Gasteiger partial charge in [-0.25, -0.2) is 4.98 Å². The summed E-state index contributed by atoms with van der Waals surface area (Å²) in [6.07, 6.45) is 8.99. The first-order valence-electron chi connectivity index (χ1n) is 10.9. The lowest BCUT2D eigenvalue weighted by Crippen LogP contribution is -2.35. The third-order valence-corrected chi connectivity index (χ3v) is 7.58. The van der Waals surface area contributed by atoms with Crippen LogP contribution in [-0.4, -0.2) is 28.9 Å². The Morgan fingerprint density at radius 2 is 2.10 bits per heavy atom. The second kappa shape index (κ2) is 10.1. The van der Waals surface area contributed by atoms with Crippen LogP contribution in [0.3, 0.4) is 0 Å². The zero-order valence-corrected chi connectivity index (χ0v) is 18.5. The molecule has 0 saturated carbocycles. The Kier molecular flexibility index (Phi) is 7.22. The molecule has 1 aromatic heterocycles. The Morgan fingerprint density at radius 1 is 1.24 bits per heavy atom. The van der Waals surface area contributed by atoms with E-state index in [2.05, 4.69) is 10.2 Å². The molecule has 4 nitrogen and oxygen atoms in total. The number of nitrogens with zero attached hydrogens (tertiary/aromatic N) is 2. The van der Waals surface area contributed by atoms with E-state index in [9.17, 15) is 4.79 Å². The highest BCUT2D eigenvalue weighted by molar-refractivity contribution is 7.11. The van der Waals surface area contributed by atoms with Crippen molar-refractivity contribution in [2.45, 2.75) is 64.5 Å². The number of piperidine rings is 1. The molecule has 0 radical (unpaired) electrons. The predicted molar refractivity (Wildman–Crippen MR) is 119 cm³/mol. The van der Waals surface area contributed by atoms with Crippen molar-refractivity contribution in [1.29, 1.82) is 0 Å². The smallest absolute Gasteiger partial charge is 0.220 e. The van der Waals surface area contributed by atoms with Crippen molar-refractivity contribution in [2.24, 2.45) is 5.92 Å². The number of rotatable bonds is 7. The maximum atomic E-state index is 12.3. The van der Waals surface area contributed by atoms with Gasteiger partial charge in [-0.2, -0.15) is 0 Å². The number of fused-ring (bicyclic) bond motifs is 1. The van der Waals surface area contributed by atoms with Gasteiger partial charge in [0.05, 0.1) is 12.2 Å². The zero-order chi connectivity index (χ0) is 20.1. The summed E-state index contributed by atoms with van der Waals surface area (Å²) in [7, 11) is 0. The third kappa shape index (κ3) is 5.80. The van der Waals surface area contributed by atoms with Crippen molar-refractivity contribution in [1.82, 2.24) is 15.2 Å². The summed E-state index contributed by atoms with van der Waals surface area (Å²) in [4.78, 5) is 21.3. The minimum Gasteiger partial charge on any atom is -0.352 e. The molecule has 2 aromatic rings. The fraction of sp³-hybridized carbons (Fsp3) is 0.565. The van der Waals surface area contributed by atoms with Crippen molar-refractivity contribution >= 4 is 28.8 Å². The lowest BCUT2D eigenvalue weighted by atomic mass is 9.93. The lowest BCUT2D eigenvalue weighted by Gasteiger charge is -2.32. The van der Waals surface area contributed by atoms with E-state index in [1.54, 1.807) is 0 Å². The van der Waals surface area contributed by atoms with Crippen LogP contribution in [0.2, 0.25) is 5.02 Å². The highest BCUT2D eigenvalue weighted by atomic mass is 35.5. The summed E-state index contributed by atoms with van der Waals surface area (Å²) in [5.74, 6) is 0.721. The molecule has 1 saturated heterocycles. The SMILES string of the molecule is O=C(CC[C@@H]1CCCN(Cc2nc3c(s2)CCCC3)C1)NCc1ccccc1Cl. The van der Waals surface area contributed by atoms with Crippen molar-refractivity contribution in [3.8, 4) is 0 Å². The number of aromatic nitrogens is 1. The molecule has 1 aromatic carbocycles. The van der Waals surface area contributed by atoms with Crippen molar-refractivity contribution in [3.05, 3.63) is 50.4 Å². The Labute approximate surface area is 182 Å². The van der Waals surface area contributed by atoms with E-state index in [1.807, 2.05) is 35.6 Å². The minimum atomic E-state index is 0.120. The summed E-state index contributed by atoms with van der Waals surface area (Å²) in [6, 6.07) is 7.67. The molecule has 1 aliphatic carbocycles. The summed E-state index contributed by atoms with van der Waals surface area (Å²) >= 11 is 8.09. The quantitative estimate of drug-likeness (QED) is 0.672. The first kappa shape index (κ1) is 20.8. The van der Waals surface area contributed by atoms with Crippen LogP contribution in [0.15, 0.2) is 24.3 Å². The molecule has 1 fully saturated rings. The number of aryl methyl sites for hydroxylation is 2. The fourth-order valence-electron chi connectivity index (χ4n) is 4.45. The van der Waals surface area contributed by atoms with Crippen molar-refractivity contribution in [2.75, 3.05) is 13.1 Å². The largest absolute Gasteiger partial charge is 0.352 e. The molecule has 1 atom stereocenters. The van der Waals surface area contributed by atoms with Crippen molar-refractivity contribution < 1.29 is 4.79 Å². The molecule has 1 aliphatic heterocycles. The number of carbonyl (C=O) groups excluding carboxylic acids is 1. The lowest BCUT2D eigenvalue weighted by molar-refractivity contribution is -0.121. The van der Waals surface area contributed by atoms with Crippen LogP contribution >= 0.6 is 22.9 Å². The number of hydrogen-bond acceptors (Lipinski definition) is 4. The summed E-state index contributed by atoms with van der Waals surface area (Å²) in [5.41, 5.74) is 2.33.